The van der Waals surface area contributed by atoms with Crippen molar-refractivity contribution < 1.29 is 0 Å². The molecule has 0 spiro atoms. The monoisotopic (exact) mass is 351 g/mol. The molecule has 0 saturated heterocycles. The lowest BCUT2D eigenvalue weighted by Crippen LogP contribution is -1.95. The average molecular weight is 352 g/mol. The molecule has 0 fully saturated rings. The van der Waals surface area contributed by atoms with E-state index in [4.69, 9.17) is 0 Å². The van der Waals surface area contributed by atoms with Gasteiger partial charge in [-0.2, -0.15) is 0 Å². The summed E-state index contributed by atoms with van der Waals surface area (Å²) in [5, 5.41) is 0. The van der Waals surface area contributed by atoms with Crippen LogP contribution in [0.15, 0.2) is 0 Å². The average Bonchev–Trinajstić information content (AvgIpc) is 2.62. The van der Waals surface area contributed by atoms with E-state index >= 15 is 0 Å². The molecule has 1 unspecified atom stereocenters. The Balaban J connectivity index is 3.08. The summed E-state index contributed by atoms with van der Waals surface area (Å²) in [5.74, 6) is 0.721. The molecule has 0 aliphatic rings. The van der Waals surface area contributed by atoms with Gasteiger partial charge < -0.3 is 0 Å². The highest BCUT2D eigenvalue weighted by Gasteiger charge is 2.02. The van der Waals surface area contributed by atoms with Crippen LogP contribution in [0.5, 0.6) is 0 Å². The van der Waals surface area contributed by atoms with Gasteiger partial charge in [0.25, 0.3) is 0 Å². The molecule has 0 aromatic heterocycles. The first-order chi connectivity index (χ1) is 12.3. The molecule has 0 rings (SSSR count). The molecule has 0 heteroatoms. The molecule has 0 N–H and O–H groups in total. The second-order valence-electron chi connectivity index (χ2n) is 8.45. The largest absolute Gasteiger partial charge is 0.0654 e. The third kappa shape index (κ3) is 22.0. The van der Waals surface area contributed by atoms with Crippen molar-refractivity contribution in [2.24, 2.45) is 5.92 Å². The lowest BCUT2D eigenvalue weighted by molar-refractivity contribution is 0.462. The molecule has 25 heavy (non-hydrogen) atoms. The van der Waals surface area contributed by atoms with E-state index in [9.17, 15) is 0 Å². The molecule has 0 amide bonds. The zero-order valence-corrected chi connectivity index (χ0v) is 18.1. The van der Waals surface area contributed by atoms with E-state index in [1.165, 1.54) is 135 Å². The molecule has 0 aromatic rings. The van der Waals surface area contributed by atoms with Crippen molar-refractivity contribution >= 4 is 0 Å². The van der Waals surface area contributed by atoms with E-state index in [1.807, 2.05) is 0 Å². The number of rotatable bonds is 21. The molecule has 151 valence electrons. The Labute approximate surface area is 161 Å². The van der Waals surface area contributed by atoms with Gasteiger partial charge in [0.15, 0.2) is 0 Å². The van der Waals surface area contributed by atoms with E-state index in [0.29, 0.717) is 0 Å². The molecule has 0 bridgehead atoms. The van der Waals surface area contributed by atoms with Crippen LogP contribution in [0.25, 0.3) is 0 Å². The van der Waals surface area contributed by atoms with Crippen LogP contribution in [0.4, 0.5) is 0 Å². The fraction of sp³-hybridized carbons (Fsp3) is 0.960. The third-order valence-electron chi connectivity index (χ3n) is 5.68. The van der Waals surface area contributed by atoms with Gasteiger partial charge in [-0.05, 0) is 5.92 Å². The third-order valence-corrected chi connectivity index (χ3v) is 5.68. The zero-order chi connectivity index (χ0) is 18.4. The van der Waals surface area contributed by atoms with Gasteiger partial charge in [-0.25, -0.2) is 0 Å². The first kappa shape index (κ1) is 25.0. The first-order valence-electron chi connectivity index (χ1n) is 12.1. The maximum absolute atomic E-state index is 4.35. The zero-order valence-electron chi connectivity index (χ0n) is 18.1. The first-order valence-corrected chi connectivity index (χ1v) is 12.1. The van der Waals surface area contributed by atoms with Gasteiger partial charge in [0.1, 0.15) is 0 Å². The SMILES string of the molecule is [CH2]C(CCCCCCC)CCCCCCCCCCCCCCCC. The van der Waals surface area contributed by atoms with Crippen molar-refractivity contribution in [3.05, 3.63) is 6.92 Å². The number of hydrogen-bond acceptors (Lipinski definition) is 0. The minimum absolute atomic E-state index is 0.721. The van der Waals surface area contributed by atoms with E-state index in [-0.39, 0.29) is 0 Å². The summed E-state index contributed by atoms with van der Waals surface area (Å²) < 4.78 is 0. The number of hydrogen-bond donors (Lipinski definition) is 0. The highest BCUT2D eigenvalue weighted by atomic mass is 14.1. The predicted octanol–water partition coefficient (Wildman–Crippen LogP) is 9.67. The van der Waals surface area contributed by atoms with Crippen LogP contribution in [-0.4, -0.2) is 0 Å². The summed E-state index contributed by atoms with van der Waals surface area (Å²) in [6.07, 6.45) is 30.2. The molecular formula is C25H51. The quantitative estimate of drug-likeness (QED) is 0.180. The van der Waals surface area contributed by atoms with Crippen molar-refractivity contribution in [3.8, 4) is 0 Å². The van der Waals surface area contributed by atoms with Gasteiger partial charge in [-0.1, -0.05) is 156 Å². The Bertz CT molecular complexity index is 220. The van der Waals surface area contributed by atoms with Gasteiger partial charge in [-0.15, -0.1) is 0 Å². The minimum atomic E-state index is 0.721. The van der Waals surface area contributed by atoms with Crippen LogP contribution in [0.3, 0.4) is 0 Å². The smallest absolute Gasteiger partial charge is 0.0414 e. The van der Waals surface area contributed by atoms with Crippen molar-refractivity contribution in [3.63, 3.8) is 0 Å². The fourth-order valence-corrected chi connectivity index (χ4v) is 3.81. The molecule has 1 radical (unpaired) electrons. The summed E-state index contributed by atoms with van der Waals surface area (Å²) in [4.78, 5) is 0. The summed E-state index contributed by atoms with van der Waals surface area (Å²) >= 11 is 0. The van der Waals surface area contributed by atoms with Crippen LogP contribution >= 0.6 is 0 Å². The van der Waals surface area contributed by atoms with Crippen molar-refractivity contribution in [2.45, 2.75) is 149 Å². The summed E-state index contributed by atoms with van der Waals surface area (Å²) in [6.45, 7) is 8.95. The Morgan fingerprint density at radius 2 is 0.640 bits per heavy atom. The van der Waals surface area contributed by atoms with Crippen LogP contribution in [0.2, 0.25) is 0 Å². The van der Waals surface area contributed by atoms with Gasteiger partial charge in [-0.3, -0.25) is 0 Å². The van der Waals surface area contributed by atoms with Crippen LogP contribution in [-0.2, 0) is 0 Å². The maximum atomic E-state index is 4.35. The predicted molar refractivity (Wildman–Crippen MR) is 117 cm³/mol. The molecular weight excluding hydrogens is 300 g/mol. The maximum Gasteiger partial charge on any atom is -0.0414 e. The molecule has 0 nitrogen and oxygen atoms in total. The van der Waals surface area contributed by atoms with E-state index < -0.39 is 0 Å². The Kier molecular flexibility index (Phi) is 22.0. The van der Waals surface area contributed by atoms with Crippen LogP contribution in [0.1, 0.15) is 149 Å². The van der Waals surface area contributed by atoms with Gasteiger partial charge in [0, 0.05) is 0 Å². The minimum Gasteiger partial charge on any atom is -0.0654 e. The highest BCUT2D eigenvalue weighted by molar-refractivity contribution is 4.62. The molecule has 0 aliphatic carbocycles. The molecule has 0 aromatic carbocycles. The number of unbranched alkanes of at least 4 members (excludes halogenated alkanes) is 17. The van der Waals surface area contributed by atoms with Gasteiger partial charge >= 0.3 is 0 Å². The lowest BCUT2D eigenvalue weighted by atomic mass is 9.96. The van der Waals surface area contributed by atoms with Crippen molar-refractivity contribution in [2.75, 3.05) is 0 Å². The molecule has 0 saturated carbocycles. The van der Waals surface area contributed by atoms with Crippen LogP contribution < -0.4 is 0 Å². The summed E-state index contributed by atoms with van der Waals surface area (Å²) in [6, 6.07) is 0. The second kappa shape index (κ2) is 22.0. The van der Waals surface area contributed by atoms with Gasteiger partial charge in [0.2, 0.25) is 0 Å². The second-order valence-corrected chi connectivity index (χ2v) is 8.45. The molecule has 1 atom stereocenters. The molecule has 0 aliphatic heterocycles. The Morgan fingerprint density at radius 3 is 0.920 bits per heavy atom. The Hall–Kier alpha value is 0. The lowest BCUT2D eigenvalue weighted by Gasteiger charge is -2.10. The Morgan fingerprint density at radius 1 is 0.400 bits per heavy atom. The van der Waals surface area contributed by atoms with E-state index in [2.05, 4.69) is 20.8 Å². The van der Waals surface area contributed by atoms with Crippen molar-refractivity contribution in [1.82, 2.24) is 0 Å². The fourth-order valence-electron chi connectivity index (χ4n) is 3.81. The highest BCUT2D eigenvalue weighted by Crippen LogP contribution is 2.18. The van der Waals surface area contributed by atoms with E-state index in [0.717, 1.165) is 5.92 Å². The van der Waals surface area contributed by atoms with E-state index in [1.54, 1.807) is 0 Å². The standard InChI is InChI=1S/C25H51/c1-4-6-8-10-11-12-13-14-15-16-17-18-20-22-24-25(3)23-21-19-9-7-5-2/h25H,3-24H2,1-2H3. The van der Waals surface area contributed by atoms with Gasteiger partial charge in [0.05, 0.1) is 0 Å². The molecule has 0 heterocycles. The van der Waals surface area contributed by atoms with Crippen LogP contribution in [0, 0.1) is 12.8 Å². The topological polar surface area (TPSA) is 0 Å². The summed E-state index contributed by atoms with van der Waals surface area (Å²) in [7, 11) is 0. The normalized spacial score (nSPS) is 12.6. The van der Waals surface area contributed by atoms with Crippen molar-refractivity contribution in [1.29, 1.82) is 0 Å². The summed E-state index contributed by atoms with van der Waals surface area (Å²) in [5.41, 5.74) is 0.